The number of nitrogens with zero attached hydrogens (tertiary/aromatic N) is 1. The summed E-state index contributed by atoms with van der Waals surface area (Å²) in [6.45, 7) is 7.02. The Kier molecular flexibility index (Phi) is 10.2. The van der Waals surface area contributed by atoms with Gasteiger partial charge < -0.3 is 30.7 Å². The Morgan fingerprint density at radius 2 is 1.88 bits per heavy atom. The Morgan fingerprint density at radius 1 is 1.12 bits per heavy atom. The fraction of sp³-hybridized carbons (Fsp3) is 0.394. The van der Waals surface area contributed by atoms with Crippen LogP contribution in [-0.2, 0) is 16.8 Å². The number of methoxy groups -OCH3 is 1. The van der Waals surface area contributed by atoms with E-state index in [4.69, 9.17) is 4.74 Å². The molecule has 9 heteroatoms. The molecule has 1 saturated heterocycles. The fourth-order valence-electron chi connectivity index (χ4n) is 5.19. The predicted molar refractivity (Wildman–Crippen MR) is 164 cm³/mol. The number of halogens is 1. The summed E-state index contributed by atoms with van der Waals surface area (Å²) in [5, 5.41) is 20.8. The number of aliphatic hydroxyl groups is 1. The van der Waals surface area contributed by atoms with Crippen molar-refractivity contribution in [3.63, 3.8) is 0 Å². The van der Waals surface area contributed by atoms with E-state index in [9.17, 15) is 14.7 Å². The number of benzene rings is 3. The van der Waals surface area contributed by atoms with E-state index in [1.165, 1.54) is 11.0 Å². The molecule has 0 spiro atoms. The number of anilines is 2. The number of carbonyl (C=O) groups is 2. The molecule has 0 saturated carbocycles. The molecule has 0 unspecified atom stereocenters. The molecule has 0 bridgehead atoms. The highest BCUT2D eigenvalue weighted by molar-refractivity contribution is 6.00. The quantitative estimate of drug-likeness (QED) is 0.237. The molecular weight excluding hydrogens is 535 g/mol. The number of hydrogen-bond donors (Lipinski definition) is 4. The average molecular weight is 577 g/mol. The maximum absolute atomic E-state index is 15.8. The molecule has 0 radical (unpaired) electrons. The standard InChI is InChI=1S/C33H41FN4O4/c1-5-35-24-19-26(31(34)28(20-24)38-16-10-15-30(38)40)32(41)37-27(17-22-11-7-6-8-12-22)29(39)21-36-33(2,3)23-13-9-14-25(18-23)42-4/h6-9,11-14,18-20,27,29,35-36,39H,5,10,15-17,21H2,1-4H3,(H,37,41)/t27-,29-/m0/s1. The average Bonchev–Trinajstić information content (AvgIpc) is 3.42. The lowest BCUT2D eigenvalue weighted by atomic mass is 9.93. The number of hydrogen-bond acceptors (Lipinski definition) is 6. The topological polar surface area (TPSA) is 103 Å². The van der Waals surface area contributed by atoms with Crippen molar-refractivity contribution in [3.05, 3.63) is 89.2 Å². The van der Waals surface area contributed by atoms with Crippen molar-refractivity contribution < 1.29 is 23.8 Å². The minimum Gasteiger partial charge on any atom is -0.497 e. The van der Waals surface area contributed by atoms with Crippen molar-refractivity contribution in [2.75, 3.05) is 37.0 Å². The summed E-state index contributed by atoms with van der Waals surface area (Å²) >= 11 is 0. The van der Waals surface area contributed by atoms with Crippen molar-refractivity contribution >= 4 is 23.2 Å². The van der Waals surface area contributed by atoms with Crippen LogP contribution in [0.4, 0.5) is 15.8 Å². The summed E-state index contributed by atoms with van der Waals surface area (Å²) in [6, 6.07) is 19.5. The van der Waals surface area contributed by atoms with Crippen molar-refractivity contribution in [1.82, 2.24) is 10.6 Å². The zero-order valence-corrected chi connectivity index (χ0v) is 24.7. The molecule has 1 heterocycles. The van der Waals surface area contributed by atoms with E-state index in [2.05, 4.69) is 16.0 Å². The minimum absolute atomic E-state index is 0.0861. The smallest absolute Gasteiger partial charge is 0.254 e. The molecular formula is C33H41FN4O4. The van der Waals surface area contributed by atoms with Crippen LogP contribution in [0.25, 0.3) is 0 Å². The summed E-state index contributed by atoms with van der Waals surface area (Å²) in [4.78, 5) is 27.5. The van der Waals surface area contributed by atoms with Gasteiger partial charge in [0.05, 0.1) is 30.5 Å². The third-order valence-electron chi connectivity index (χ3n) is 7.67. The second kappa shape index (κ2) is 13.8. The Labute approximate surface area is 247 Å². The van der Waals surface area contributed by atoms with Gasteiger partial charge in [0.25, 0.3) is 5.91 Å². The van der Waals surface area contributed by atoms with Crippen LogP contribution >= 0.6 is 0 Å². The third kappa shape index (κ3) is 7.46. The normalized spacial score (nSPS) is 14.9. The lowest BCUT2D eigenvalue weighted by Crippen LogP contribution is -2.51. The Hall–Kier alpha value is -3.95. The Balaban J connectivity index is 1.58. The molecule has 4 N–H and O–H groups in total. The second-order valence-electron chi connectivity index (χ2n) is 11.1. The molecule has 2 atom stereocenters. The van der Waals surface area contributed by atoms with E-state index in [0.29, 0.717) is 38.0 Å². The van der Waals surface area contributed by atoms with Gasteiger partial charge in [-0.3, -0.25) is 9.59 Å². The summed E-state index contributed by atoms with van der Waals surface area (Å²) in [7, 11) is 1.61. The first-order chi connectivity index (χ1) is 20.1. The molecule has 3 aromatic carbocycles. The Bertz CT molecular complexity index is 1380. The minimum atomic E-state index is -1.00. The van der Waals surface area contributed by atoms with Gasteiger partial charge in [0.2, 0.25) is 5.91 Å². The molecule has 224 valence electrons. The maximum atomic E-state index is 15.8. The third-order valence-corrected chi connectivity index (χ3v) is 7.67. The van der Waals surface area contributed by atoms with Crippen LogP contribution in [0.5, 0.6) is 5.75 Å². The molecule has 0 aromatic heterocycles. The van der Waals surface area contributed by atoms with Crippen molar-refractivity contribution in [2.45, 2.75) is 57.7 Å². The largest absolute Gasteiger partial charge is 0.497 e. The molecule has 0 aliphatic carbocycles. The van der Waals surface area contributed by atoms with Gasteiger partial charge in [0, 0.05) is 37.3 Å². The monoisotopic (exact) mass is 576 g/mol. The first-order valence-electron chi connectivity index (χ1n) is 14.4. The lowest BCUT2D eigenvalue weighted by molar-refractivity contribution is -0.117. The van der Waals surface area contributed by atoms with Gasteiger partial charge in [-0.05, 0) is 69.0 Å². The zero-order chi connectivity index (χ0) is 30.3. The first kappa shape index (κ1) is 31.0. The van der Waals surface area contributed by atoms with E-state index in [1.807, 2.05) is 75.4 Å². The van der Waals surface area contributed by atoms with E-state index in [1.54, 1.807) is 13.2 Å². The number of ether oxygens (including phenoxy) is 1. The van der Waals surface area contributed by atoms with E-state index >= 15 is 4.39 Å². The summed E-state index contributed by atoms with van der Waals surface area (Å²) in [5.41, 5.74) is 1.82. The van der Waals surface area contributed by atoms with Crippen LogP contribution in [0.1, 0.15) is 55.1 Å². The number of carbonyl (C=O) groups excluding carboxylic acids is 2. The van der Waals surface area contributed by atoms with E-state index < -0.39 is 29.4 Å². The molecule has 42 heavy (non-hydrogen) atoms. The van der Waals surface area contributed by atoms with E-state index in [0.717, 1.165) is 16.9 Å². The molecule has 3 aromatic rings. The number of nitrogens with one attached hydrogen (secondary N) is 3. The van der Waals surface area contributed by atoms with Gasteiger partial charge in [0.15, 0.2) is 5.82 Å². The van der Waals surface area contributed by atoms with Crippen LogP contribution in [0, 0.1) is 5.82 Å². The summed E-state index contributed by atoms with van der Waals surface area (Å²) < 4.78 is 21.2. The first-order valence-corrected chi connectivity index (χ1v) is 14.4. The summed E-state index contributed by atoms with van der Waals surface area (Å²) in [5.74, 6) is -0.855. The highest BCUT2D eigenvalue weighted by Crippen LogP contribution is 2.31. The van der Waals surface area contributed by atoms with Crippen LogP contribution < -0.4 is 25.6 Å². The zero-order valence-electron chi connectivity index (χ0n) is 24.7. The number of aliphatic hydroxyl groups excluding tert-OH is 1. The van der Waals surface area contributed by atoms with Crippen molar-refractivity contribution in [3.8, 4) is 5.75 Å². The van der Waals surface area contributed by atoms with Gasteiger partial charge in [0.1, 0.15) is 5.75 Å². The molecule has 1 fully saturated rings. The van der Waals surface area contributed by atoms with Crippen LogP contribution in [0.2, 0.25) is 0 Å². The van der Waals surface area contributed by atoms with E-state index in [-0.39, 0.29) is 23.7 Å². The molecule has 8 nitrogen and oxygen atoms in total. The molecule has 1 aliphatic heterocycles. The summed E-state index contributed by atoms with van der Waals surface area (Å²) in [6.07, 6.45) is 0.312. The van der Waals surface area contributed by atoms with Crippen molar-refractivity contribution in [2.24, 2.45) is 0 Å². The SMILES string of the molecule is CCNc1cc(C(=O)N[C@@H](Cc2ccccc2)[C@@H](O)CNC(C)(C)c2cccc(OC)c2)c(F)c(N2CCCC2=O)c1. The molecule has 2 amide bonds. The van der Waals surface area contributed by atoms with Gasteiger partial charge in [-0.1, -0.05) is 42.5 Å². The number of rotatable bonds is 13. The molecule has 4 rings (SSSR count). The lowest BCUT2D eigenvalue weighted by Gasteiger charge is -2.31. The van der Waals surface area contributed by atoms with Crippen LogP contribution in [-0.4, -0.2) is 55.8 Å². The van der Waals surface area contributed by atoms with Gasteiger partial charge >= 0.3 is 0 Å². The fourth-order valence-corrected chi connectivity index (χ4v) is 5.19. The van der Waals surface area contributed by atoms with Gasteiger partial charge in [-0.2, -0.15) is 0 Å². The van der Waals surface area contributed by atoms with Gasteiger partial charge in [-0.25, -0.2) is 4.39 Å². The van der Waals surface area contributed by atoms with Gasteiger partial charge in [-0.15, -0.1) is 0 Å². The van der Waals surface area contributed by atoms with Crippen LogP contribution in [0.3, 0.4) is 0 Å². The second-order valence-corrected chi connectivity index (χ2v) is 11.1. The maximum Gasteiger partial charge on any atom is 0.254 e. The van der Waals surface area contributed by atoms with Crippen molar-refractivity contribution in [1.29, 1.82) is 0 Å². The predicted octanol–water partition coefficient (Wildman–Crippen LogP) is 4.62. The highest BCUT2D eigenvalue weighted by atomic mass is 19.1. The Morgan fingerprint density at radius 3 is 2.55 bits per heavy atom. The number of amides is 2. The molecule has 1 aliphatic rings. The van der Waals surface area contributed by atoms with Crippen LogP contribution in [0.15, 0.2) is 66.7 Å². The highest BCUT2D eigenvalue weighted by Gasteiger charge is 2.30.